The minimum absolute atomic E-state index is 0. The predicted molar refractivity (Wildman–Crippen MR) is 66.6 cm³/mol. The summed E-state index contributed by atoms with van der Waals surface area (Å²) in [5.41, 5.74) is 0.675. The van der Waals surface area contributed by atoms with E-state index in [1.807, 2.05) is 4.90 Å². The van der Waals surface area contributed by atoms with Crippen LogP contribution in [0.25, 0.3) is 0 Å². The van der Waals surface area contributed by atoms with Gasteiger partial charge in [0.25, 0.3) is 5.91 Å². The number of aryl methyl sites for hydroxylation is 2. The summed E-state index contributed by atoms with van der Waals surface area (Å²) in [4.78, 5) is 18.1. The van der Waals surface area contributed by atoms with Gasteiger partial charge in [-0.05, 0) is 13.8 Å². The Labute approximate surface area is 107 Å². The van der Waals surface area contributed by atoms with Crippen molar-refractivity contribution in [2.75, 3.05) is 19.6 Å². The van der Waals surface area contributed by atoms with Gasteiger partial charge in [0.2, 0.25) is 5.76 Å². The standard InChI is InChI=1S/C11H17N3O2.ClH/c1-7-6-14(5-4-12-7)11(15)10-8(2)13-9(3)16-10;/h7,12H,4-6H2,1-3H3;1H/t7-;/m1./s1. The molecule has 2 rings (SSSR count). The number of piperazine rings is 1. The molecule has 96 valence electrons. The maximum absolute atomic E-state index is 12.1. The summed E-state index contributed by atoms with van der Waals surface area (Å²) >= 11 is 0. The van der Waals surface area contributed by atoms with Crippen LogP contribution in [0, 0.1) is 13.8 Å². The number of hydrogen-bond acceptors (Lipinski definition) is 4. The van der Waals surface area contributed by atoms with Crippen molar-refractivity contribution in [1.29, 1.82) is 0 Å². The first kappa shape index (κ1) is 14.0. The van der Waals surface area contributed by atoms with Crippen molar-refractivity contribution in [3.05, 3.63) is 17.3 Å². The topological polar surface area (TPSA) is 58.4 Å². The average molecular weight is 260 g/mol. The molecule has 0 unspecified atom stereocenters. The highest BCUT2D eigenvalue weighted by atomic mass is 35.5. The SMILES string of the molecule is Cc1nc(C)c(C(=O)N2CCN[C@H](C)C2)o1.Cl. The Morgan fingerprint density at radius 3 is 2.76 bits per heavy atom. The first-order valence-electron chi connectivity index (χ1n) is 5.54. The number of halogens is 1. The zero-order valence-corrected chi connectivity index (χ0v) is 11.1. The summed E-state index contributed by atoms with van der Waals surface area (Å²) < 4.78 is 5.34. The van der Waals surface area contributed by atoms with E-state index in [9.17, 15) is 4.79 Å². The van der Waals surface area contributed by atoms with E-state index in [2.05, 4.69) is 17.2 Å². The summed E-state index contributed by atoms with van der Waals surface area (Å²) in [7, 11) is 0. The van der Waals surface area contributed by atoms with Crippen molar-refractivity contribution in [3.63, 3.8) is 0 Å². The second-order valence-electron chi connectivity index (χ2n) is 4.25. The van der Waals surface area contributed by atoms with Crippen LogP contribution in [-0.4, -0.2) is 41.5 Å². The molecule has 0 aliphatic carbocycles. The largest absolute Gasteiger partial charge is 0.436 e. The van der Waals surface area contributed by atoms with E-state index in [4.69, 9.17) is 4.42 Å². The molecule has 1 aliphatic rings. The number of nitrogens with one attached hydrogen (secondary N) is 1. The number of aromatic nitrogens is 1. The highest BCUT2D eigenvalue weighted by molar-refractivity contribution is 5.92. The maximum atomic E-state index is 12.1. The lowest BCUT2D eigenvalue weighted by Gasteiger charge is -2.31. The number of amides is 1. The van der Waals surface area contributed by atoms with Crippen LogP contribution >= 0.6 is 12.4 Å². The fourth-order valence-electron chi connectivity index (χ4n) is 1.99. The van der Waals surface area contributed by atoms with Gasteiger partial charge >= 0.3 is 0 Å². The van der Waals surface area contributed by atoms with E-state index in [1.165, 1.54) is 0 Å². The quantitative estimate of drug-likeness (QED) is 0.822. The molecule has 0 aromatic carbocycles. The molecule has 0 radical (unpaired) electrons. The van der Waals surface area contributed by atoms with Crippen LogP contribution in [0.5, 0.6) is 0 Å². The van der Waals surface area contributed by atoms with Crippen LogP contribution in [0.2, 0.25) is 0 Å². The van der Waals surface area contributed by atoms with Crippen LogP contribution in [0.15, 0.2) is 4.42 Å². The molecule has 1 N–H and O–H groups in total. The molecule has 6 heteroatoms. The van der Waals surface area contributed by atoms with Crippen molar-refractivity contribution >= 4 is 18.3 Å². The highest BCUT2D eigenvalue weighted by Crippen LogP contribution is 2.13. The molecule has 1 aliphatic heterocycles. The fourth-order valence-corrected chi connectivity index (χ4v) is 1.99. The van der Waals surface area contributed by atoms with E-state index < -0.39 is 0 Å². The maximum Gasteiger partial charge on any atom is 0.291 e. The Morgan fingerprint density at radius 1 is 1.53 bits per heavy atom. The minimum Gasteiger partial charge on any atom is -0.436 e. The molecular formula is C11H18ClN3O2. The zero-order valence-electron chi connectivity index (χ0n) is 10.3. The Bertz CT molecular complexity index is 405. The van der Waals surface area contributed by atoms with E-state index in [0.29, 0.717) is 23.4 Å². The lowest BCUT2D eigenvalue weighted by atomic mass is 10.2. The number of hydrogen-bond donors (Lipinski definition) is 1. The first-order valence-corrected chi connectivity index (χ1v) is 5.54. The molecule has 1 saturated heterocycles. The van der Waals surface area contributed by atoms with Gasteiger partial charge in [-0.2, -0.15) is 0 Å². The number of carbonyl (C=O) groups excluding carboxylic acids is 1. The van der Waals surface area contributed by atoms with Gasteiger partial charge < -0.3 is 14.6 Å². The third-order valence-corrected chi connectivity index (χ3v) is 2.75. The molecule has 1 atom stereocenters. The lowest BCUT2D eigenvalue weighted by Crippen LogP contribution is -2.51. The number of nitrogens with zero attached hydrogens (tertiary/aromatic N) is 2. The molecule has 0 bridgehead atoms. The second kappa shape index (κ2) is 5.51. The molecule has 1 aromatic rings. The van der Waals surface area contributed by atoms with E-state index in [0.717, 1.165) is 19.6 Å². The van der Waals surface area contributed by atoms with Gasteiger partial charge in [-0.25, -0.2) is 4.98 Å². The highest BCUT2D eigenvalue weighted by Gasteiger charge is 2.25. The lowest BCUT2D eigenvalue weighted by molar-refractivity contribution is 0.0674. The Hall–Kier alpha value is -1.07. The minimum atomic E-state index is -0.0496. The van der Waals surface area contributed by atoms with Crippen LogP contribution in [0.1, 0.15) is 29.1 Å². The first-order chi connectivity index (χ1) is 7.58. The van der Waals surface area contributed by atoms with Gasteiger partial charge in [-0.1, -0.05) is 0 Å². The van der Waals surface area contributed by atoms with E-state index >= 15 is 0 Å². The van der Waals surface area contributed by atoms with Gasteiger partial charge in [0.05, 0.1) is 5.69 Å². The van der Waals surface area contributed by atoms with Gasteiger partial charge in [0.1, 0.15) is 0 Å². The number of rotatable bonds is 1. The number of oxazole rings is 1. The molecule has 1 aromatic heterocycles. The predicted octanol–water partition coefficient (Wildman–Crippen LogP) is 1.15. The van der Waals surface area contributed by atoms with E-state index in [1.54, 1.807) is 13.8 Å². The molecule has 0 spiro atoms. The van der Waals surface area contributed by atoms with Crippen molar-refractivity contribution in [2.24, 2.45) is 0 Å². The summed E-state index contributed by atoms with van der Waals surface area (Å²) in [6, 6.07) is 0.335. The molecular weight excluding hydrogens is 242 g/mol. The van der Waals surface area contributed by atoms with Crippen LogP contribution < -0.4 is 5.32 Å². The van der Waals surface area contributed by atoms with Gasteiger partial charge in [-0.3, -0.25) is 4.79 Å². The van der Waals surface area contributed by atoms with Crippen molar-refractivity contribution < 1.29 is 9.21 Å². The van der Waals surface area contributed by atoms with Gasteiger partial charge in [-0.15, -0.1) is 12.4 Å². The summed E-state index contributed by atoms with van der Waals surface area (Å²) in [5.74, 6) is 0.877. The number of carbonyl (C=O) groups is 1. The van der Waals surface area contributed by atoms with Gasteiger partial charge in [0, 0.05) is 32.6 Å². The second-order valence-corrected chi connectivity index (χ2v) is 4.25. The van der Waals surface area contributed by atoms with Gasteiger partial charge in [0.15, 0.2) is 5.89 Å². The van der Waals surface area contributed by atoms with E-state index in [-0.39, 0.29) is 18.3 Å². The van der Waals surface area contributed by atoms with Crippen molar-refractivity contribution in [2.45, 2.75) is 26.8 Å². The third kappa shape index (κ3) is 2.98. The Balaban J connectivity index is 0.00000144. The monoisotopic (exact) mass is 259 g/mol. The normalized spacial score (nSPS) is 19.9. The molecule has 1 fully saturated rings. The fraction of sp³-hybridized carbons (Fsp3) is 0.636. The summed E-state index contributed by atoms with van der Waals surface area (Å²) in [5, 5.41) is 3.30. The zero-order chi connectivity index (χ0) is 11.7. The Morgan fingerprint density at radius 2 is 2.24 bits per heavy atom. The molecule has 2 heterocycles. The summed E-state index contributed by atoms with van der Waals surface area (Å²) in [6.07, 6.45) is 0. The van der Waals surface area contributed by atoms with Crippen molar-refractivity contribution in [3.8, 4) is 0 Å². The summed E-state index contributed by atoms with van der Waals surface area (Å²) in [6.45, 7) is 7.90. The molecule has 1 amide bonds. The molecule has 5 nitrogen and oxygen atoms in total. The molecule has 17 heavy (non-hydrogen) atoms. The van der Waals surface area contributed by atoms with Crippen LogP contribution in [-0.2, 0) is 0 Å². The molecule has 0 saturated carbocycles. The smallest absolute Gasteiger partial charge is 0.291 e. The van der Waals surface area contributed by atoms with Crippen molar-refractivity contribution in [1.82, 2.24) is 15.2 Å². The van der Waals surface area contributed by atoms with Crippen LogP contribution in [0.3, 0.4) is 0 Å². The average Bonchev–Trinajstić information content (AvgIpc) is 2.57. The van der Waals surface area contributed by atoms with Crippen LogP contribution in [0.4, 0.5) is 0 Å². The third-order valence-electron chi connectivity index (χ3n) is 2.75. The Kier molecular flexibility index (Phi) is 4.54.